The Labute approximate surface area is 130 Å². The van der Waals surface area contributed by atoms with Crippen LogP contribution in [0.2, 0.25) is 0 Å². The van der Waals surface area contributed by atoms with Gasteiger partial charge in [-0.15, -0.1) is 0 Å². The van der Waals surface area contributed by atoms with Crippen molar-refractivity contribution >= 4 is 17.5 Å². The zero-order valence-electron chi connectivity index (χ0n) is 12.2. The minimum absolute atomic E-state index is 0.0598. The number of halogens is 1. The third-order valence-electron chi connectivity index (χ3n) is 3.61. The number of nitro groups is 1. The van der Waals surface area contributed by atoms with Gasteiger partial charge in [0.05, 0.1) is 17.4 Å². The molecule has 1 aromatic carbocycles. The zero-order chi connectivity index (χ0) is 17.0. The Balaban J connectivity index is 2.10. The molecule has 1 saturated heterocycles. The lowest BCUT2D eigenvalue weighted by molar-refractivity contribution is -0.387. The van der Waals surface area contributed by atoms with E-state index in [1.807, 2.05) is 0 Å². The summed E-state index contributed by atoms with van der Waals surface area (Å²) < 4.78 is 18.4. The van der Waals surface area contributed by atoms with Crippen molar-refractivity contribution in [3.63, 3.8) is 0 Å². The first-order valence-electron chi connectivity index (χ1n) is 6.98. The van der Waals surface area contributed by atoms with Crippen LogP contribution >= 0.6 is 0 Å². The first-order chi connectivity index (χ1) is 10.9. The van der Waals surface area contributed by atoms with E-state index in [1.165, 1.54) is 6.07 Å². The number of hydrogen-bond acceptors (Lipinski definition) is 5. The molecule has 2 atom stereocenters. The summed E-state index contributed by atoms with van der Waals surface area (Å²) in [6.45, 7) is 0.753. The number of nitrogens with two attached hydrogens (primary N) is 1. The molecule has 2 rings (SSSR count). The molecule has 1 aromatic rings. The summed E-state index contributed by atoms with van der Waals surface area (Å²) in [6.07, 6.45) is 0.495. The van der Waals surface area contributed by atoms with Gasteiger partial charge < -0.3 is 15.8 Å². The smallest absolute Gasteiger partial charge is 0.305 e. The largest absolute Gasteiger partial charge is 0.381 e. The minimum atomic E-state index is -1.03. The number of carbonyl (C=O) groups is 2. The Hall–Kier alpha value is -2.55. The number of amides is 2. The fourth-order valence-electron chi connectivity index (χ4n) is 2.31. The molecule has 0 bridgehead atoms. The van der Waals surface area contributed by atoms with E-state index in [-0.39, 0.29) is 24.9 Å². The maximum atomic E-state index is 13.3. The summed E-state index contributed by atoms with van der Waals surface area (Å²) in [7, 11) is 0. The highest BCUT2D eigenvalue weighted by Gasteiger charge is 2.28. The molecule has 3 N–H and O–H groups in total. The lowest BCUT2D eigenvalue weighted by Crippen LogP contribution is -2.48. The molecule has 1 aliphatic heterocycles. The molecule has 0 aromatic heterocycles. The van der Waals surface area contributed by atoms with Crippen molar-refractivity contribution in [2.45, 2.75) is 18.9 Å². The van der Waals surface area contributed by atoms with Crippen LogP contribution in [0, 0.1) is 21.8 Å². The second kappa shape index (κ2) is 7.14. The van der Waals surface area contributed by atoms with Gasteiger partial charge in [-0.2, -0.15) is 4.39 Å². The van der Waals surface area contributed by atoms with Crippen LogP contribution in [0.15, 0.2) is 18.2 Å². The number of benzene rings is 1. The summed E-state index contributed by atoms with van der Waals surface area (Å²) in [4.78, 5) is 33.4. The fraction of sp³-hybridized carbons (Fsp3) is 0.429. The van der Waals surface area contributed by atoms with Crippen LogP contribution in [0.5, 0.6) is 0 Å². The Morgan fingerprint density at radius 1 is 1.52 bits per heavy atom. The Kier molecular flexibility index (Phi) is 5.22. The van der Waals surface area contributed by atoms with Gasteiger partial charge in [0.15, 0.2) is 0 Å². The highest BCUT2D eigenvalue weighted by molar-refractivity contribution is 5.88. The SMILES string of the molecule is NC(=O)[C@H](Cc1ccc(F)c([N+](=O)[O-])c1)NC(=O)[C@H]1CCOC1. The molecule has 0 spiro atoms. The van der Waals surface area contributed by atoms with Gasteiger partial charge in [-0.3, -0.25) is 19.7 Å². The maximum absolute atomic E-state index is 13.3. The number of ether oxygens (including phenoxy) is 1. The summed E-state index contributed by atoms with van der Waals surface area (Å²) in [6, 6.07) is 2.24. The Morgan fingerprint density at radius 3 is 2.83 bits per heavy atom. The molecule has 0 unspecified atom stereocenters. The highest BCUT2D eigenvalue weighted by atomic mass is 19.1. The lowest BCUT2D eigenvalue weighted by atomic mass is 10.0. The predicted octanol–water partition coefficient (Wildman–Crippen LogP) is 0.283. The number of nitro benzene ring substituents is 1. The summed E-state index contributed by atoms with van der Waals surface area (Å²) in [5, 5.41) is 13.2. The van der Waals surface area contributed by atoms with E-state index in [1.54, 1.807) is 0 Å². The van der Waals surface area contributed by atoms with Crippen molar-refractivity contribution in [1.82, 2.24) is 5.32 Å². The number of hydrogen-bond donors (Lipinski definition) is 2. The van der Waals surface area contributed by atoms with Crippen LogP contribution < -0.4 is 11.1 Å². The van der Waals surface area contributed by atoms with E-state index < -0.39 is 28.4 Å². The third-order valence-corrected chi connectivity index (χ3v) is 3.61. The predicted molar refractivity (Wildman–Crippen MR) is 76.8 cm³/mol. The van der Waals surface area contributed by atoms with Crippen molar-refractivity contribution in [3.05, 3.63) is 39.7 Å². The van der Waals surface area contributed by atoms with Crippen molar-refractivity contribution in [1.29, 1.82) is 0 Å². The van der Waals surface area contributed by atoms with Crippen LogP contribution in [0.4, 0.5) is 10.1 Å². The van der Waals surface area contributed by atoms with Crippen molar-refractivity contribution in [3.8, 4) is 0 Å². The van der Waals surface area contributed by atoms with Gasteiger partial charge >= 0.3 is 5.69 Å². The van der Waals surface area contributed by atoms with Gasteiger partial charge in [-0.1, -0.05) is 6.07 Å². The van der Waals surface area contributed by atoms with Gasteiger partial charge in [0.25, 0.3) is 0 Å². The molecule has 0 aliphatic carbocycles. The van der Waals surface area contributed by atoms with E-state index in [4.69, 9.17) is 10.5 Å². The molecule has 1 fully saturated rings. The molecule has 1 aliphatic rings. The molecule has 0 radical (unpaired) electrons. The fourth-order valence-corrected chi connectivity index (χ4v) is 2.31. The van der Waals surface area contributed by atoms with Crippen LogP contribution in [-0.4, -0.2) is 36.0 Å². The molecule has 9 heteroatoms. The molecular weight excluding hydrogens is 309 g/mol. The highest BCUT2D eigenvalue weighted by Crippen LogP contribution is 2.20. The quantitative estimate of drug-likeness (QED) is 0.574. The number of nitrogens with one attached hydrogen (secondary N) is 1. The number of nitrogens with zero attached hydrogens (tertiary/aromatic N) is 1. The van der Waals surface area contributed by atoms with Gasteiger partial charge in [-0.25, -0.2) is 0 Å². The molecule has 2 amide bonds. The second-order valence-electron chi connectivity index (χ2n) is 5.27. The van der Waals surface area contributed by atoms with E-state index in [2.05, 4.69) is 5.32 Å². The molecule has 0 saturated carbocycles. The topological polar surface area (TPSA) is 125 Å². The van der Waals surface area contributed by atoms with E-state index in [9.17, 15) is 24.1 Å². The maximum Gasteiger partial charge on any atom is 0.305 e. The van der Waals surface area contributed by atoms with Crippen LogP contribution in [-0.2, 0) is 20.7 Å². The van der Waals surface area contributed by atoms with Crippen molar-refractivity contribution < 1.29 is 23.6 Å². The first-order valence-corrected chi connectivity index (χ1v) is 6.98. The minimum Gasteiger partial charge on any atom is -0.381 e. The molecule has 124 valence electrons. The standard InChI is InChI=1S/C14H16FN3O5/c15-10-2-1-8(6-12(10)18(21)22)5-11(13(16)19)17-14(20)9-3-4-23-7-9/h1-2,6,9,11H,3-5,7H2,(H2,16,19)(H,17,20)/t9-,11-/m0/s1. The molecule has 23 heavy (non-hydrogen) atoms. The van der Waals surface area contributed by atoms with Crippen LogP contribution in [0.1, 0.15) is 12.0 Å². The zero-order valence-corrected chi connectivity index (χ0v) is 12.2. The van der Waals surface area contributed by atoms with Crippen molar-refractivity contribution in [2.75, 3.05) is 13.2 Å². The van der Waals surface area contributed by atoms with Gasteiger partial charge in [0.1, 0.15) is 6.04 Å². The van der Waals surface area contributed by atoms with Gasteiger partial charge in [-0.05, 0) is 18.1 Å². The number of rotatable bonds is 6. The monoisotopic (exact) mass is 325 g/mol. The van der Waals surface area contributed by atoms with E-state index >= 15 is 0 Å². The van der Waals surface area contributed by atoms with Gasteiger partial charge in [0.2, 0.25) is 17.6 Å². The van der Waals surface area contributed by atoms with Gasteiger partial charge in [0, 0.05) is 19.1 Å². The Bertz CT molecular complexity index is 631. The van der Waals surface area contributed by atoms with Crippen LogP contribution in [0.25, 0.3) is 0 Å². The lowest BCUT2D eigenvalue weighted by Gasteiger charge is -2.17. The summed E-state index contributed by atoms with van der Waals surface area (Å²) in [5.74, 6) is -2.45. The molecular formula is C14H16FN3O5. The Morgan fingerprint density at radius 2 is 2.26 bits per heavy atom. The summed E-state index contributed by atoms with van der Waals surface area (Å²) >= 11 is 0. The van der Waals surface area contributed by atoms with Crippen molar-refractivity contribution in [2.24, 2.45) is 11.7 Å². The summed E-state index contributed by atoms with van der Waals surface area (Å²) in [5.41, 5.74) is 4.90. The first kappa shape index (κ1) is 16.8. The average molecular weight is 325 g/mol. The number of carbonyl (C=O) groups excluding carboxylic acids is 2. The normalized spacial score (nSPS) is 18.4. The average Bonchev–Trinajstić information content (AvgIpc) is 3.02. The molecule has 8 nitrogen and oxygen atoms in total. The van der Waals surface area contributed by atoms with Crippen LogP contribution in [0.3, 0.4) is 0 Å². The van der Waals surface area contributed by atoms with E-state index in [0.717, 1.165) is 12.1 Å². The second-order valence-corrected chi connectivity index (χ2v) is 5.27. The molecule has 1 heterocycles. The third kappa shape index (κ3) is 4.22. The number of primary amides is 1. The van der Waals surface area contributed by atoms with E-state index in [0.29, 0.717) is 18.6 Å².